The molecule has 0 bridgehead atoms. The van der Waals surface area contributed by atoms with Gasteiger partial charge in [-0.2, -0.15) is 0 Å². The molecule has 0 N–H and O–H groups in total. The van der Waals surface area contributed by atoms with Gasteiger partial charge in [0.2, 0.25) is 5.78 Å². The average molecular weight is 246 g/mol. The van der Waals surface area contributed by atoms with E-state index >= 15 is 0 Å². The molecule has 1 fully saturated rings. The van der Waals surface area contributed by atoms with Gasteiger partial charge in [0.25, 0.3) is 0 Å². The Bertz CT molecular complexity index is 606. The van der Waals surface area contributed by atoms with Crippen LogP contribution in [0.5, 0.6) is 0 Å². The zero-order valence-corrected chi connectivity index (χ0v) is 10.3. The largest absolute Gasteiger partial charge is 0.453 e. The van der Waals surface area contributed by atoms with E-state index in [0.717, 1.165) is 31.2 Å². The number of carbonyl (C=O) groups excluding carboxylic acids is 1. The zero-order valence-electron chi connectivity index (χ0n) is 10.3. The number of furan rings is 1. The van der Waals surface area contributed by atoms with Gasteiger partial charge in [0.15, 0.2) is 5.76 Å². The molecule has 18 heavy (non-hydrogen) atoms. The molecular weight excluding hydrogens is 231 g/mol. The van der Waals surface area contributed by atoms with Gasteiger partial charge in [0, 0.05) is 16.9 Å². The summed E-state index contributed by atoms with van der Waals surface area (Å²) in [4.78, 5) is 12.3. The first kappa shape index (κ1) is 11.5. The van der Waals surface area contributed by atoms with E-state index in [9.17, 15) is 9.18 Å². The monoisotopic (exact) mass is 246 g/mol. The molecule has 3 heteroatoms. The highest BCUT2D eigenvalue weighted by Crippen LogP contribution is 2.32. The van der Waals surface area contributed by atoms with E-state index in [-0.39, 0.29) is 17.5 Å². The number of halogens is 1. The van der Waals surface area contributed by atoms with E-state index in [1.807, 2.05) is 6.92 Å². The summed E-state index contributed by atoms with van der Waals surface area (Å²) in [6, 6.07) is 4.37. The van der Waals surface area contributed by atoms with Gasteiger partial charge in [-0.15, -0.1) is 0 Å². The third-order valence-corrected chi connectivity index (χ3v) is 3.85. The predicted molar refractivity (Wildman–Crippen MR) is 67.2 cm³/mol. The molecule has 0 unspecified atom stereocenters. The predicted octanol–water partition coefficient (Wildman–Crippen LogP) is 4.25. The highest BCUT2D eigenvalue weighted by atomic mass is 19.1. The third kappa shape index (κ3) is 1.74. The lowest BCUT2D eigenvalue weighted by Crippen LogP contribution is -2.11. The second-order valence-electron chi connectivity index (χ2n) is 5.04. The summed E-state index contributed by atoms with van der Waals surface area (Å²) in [6.07, 6.45) is 4.13. The fourth-order valence-corrected chi connectivity index (χ4v) is 2.80. The molecule has 0 saturated heterocycles. The van der Waals surface area contributed by atoms with Crippen LogP contribution < -0.4 is 0 Å². The standard InChI is InChI=1S/C15H15FO2/c1-9-12-8-11(16)6-7-13(12)18-15(9)14(17)10-4-2-3-5-10/h6-8,10H,2-5H2,1H3. The third-order valence-electron chi connectivity index (χ3n) is 3.85. The van der Waals surface area contributed by atoms with Crippen LogP contribution in [0.25, 0.3) is 11.0 Å². The van der Waals surface area contributed by atoms with Crippen molar-refractivity contribution in [1.29, 1.82) is 0 Å². The molecule has 3 rings (SSSR count). The summed E-state index contributed by atoms with van der Waals surface area (Å²) in [7, 11) is 0. The van der Waals surface area contributed by atoms with Crippen molar-refractivity contribution in [2.75, 3.05) is 0 Å². The van der Waals surface area contributed by atoms with Gasteiger partial charge in [-0.3, -0.25) is 4.79 Å². The quantitative estimate of drug-likeness (QED) is 0.741. The molecule has 0 spiro atoms. The number of fused-ring (bicyclic) bond motifs is 1. The number of hydrogen-bond acceptors (Lipinski definition) is 2. The highest BCUT2D eigenvalue weighted by Gasteiger charge is 2.28. The maximum atomic E-state index is 13.2. The smallest absolute Gasteiger partial charge is 0.201 e. The number of ketones is 1. The maximum Gasteiger partial charge on any atom is 0.201 e. The van der Waals surface area contributed by atoms with Crippen LogP contribution in [0.15, 0.2) is 22.6 Å². The molecule has 1 saturated carbocycles. The van der Waals surface area contributed by atoms with Gasteiger partial charge in [-0.05, 0) is 38.0 Å². The second-order valence-corrected chi connectivity index (χ2v) is 5.04. The number of hydrogen-bond donors (Lipinski definition) is 0. The number of carbonyl (C=O) groups is 1. The SMILES string of the molecule is Cc1c(C(=O)C2CCCC2)oc2ccc(F)cc12. The van der Waals surface area contributed by atoms with Crippen molar-refractivity contribution in [3.63, 3.8) is 0 Å². The van der Waals surface area contributed by atoms with E-state index < -0.39 is 0 Å². The molecule has 0 aliphatic heterocycles. The van der Waals surface area contributed by atoms with E-state index in [4.69, 9.17) is 4.42 Å². The van der Waals surface area contributed by atoms with Gasteiger partial charge in [0.05, 0.1) is 0 Å². The van der Waals surface area contributed by atoms with Crippen LogP contribution in [0, 0.1) is 18.7 Å². The summed E-state index contributed by atoms with van der Waals surface area (Å²) < 4.78 is 18.8. The molecule has 1 aromatic carbocycles. The van der Waals surface area contributed by atoms with Crippen LogP contribution in [0.2, 0.25) is 0 Å². The summed E-state index contributed by atoms with van der Waals surface area (Å²) in [5.74, 6) is 0.296. The van der Waals surface area contributed by atoms with Crippen molar-refractivity contribution in [2.24, 2.45) is 5.92 Å². The molecule has 1 aromatic heterocycles. The summed E-state index contributed by atoms with van der Waals surface area (Å²) in [5.41, 5.74) is 1.36. The molecule has 0 amide bonds. The van der Waals surface area contributed by atoms with Crippen LogP contribution in [0.4, 0.5) is 4.39 Å². The Morgan fingerprint density at radius 3 is 2.78 bits per heavy atom. The molecule has 2 nitrogen and oxygen atoms in total. The van der Waals surface area contributed by atoms with Crippen LogP contribution in [0.3, 0.4) is 0 Å². The van der Waals surface area contributed by atoms with E-state index in [2.05, 4.69) is 0 Å². The number of Topliss-reactive ketones (excluding diaryl/α,β-unsaturated/α-hetero) is 1. The first-order valence-corrected chi connectivity index (χ1v) is 6.39. The Hall–Kier alpha value is -1.64. The number of benzene rings is 1. The fourth-order valence-electron chi connectivity index (χ4n) is 2.80. The van der Waals surface area contributed by atoms with E-state index in [1.165, 1.54) is 12.1 Å². The van der Waals surface area contributed by atoms with E-state index in [0.29, 0.717) is 16.7 Å². The fraction of sp³-hybridized carbons (Fsp3) is 0.400. The maximum absolute atomic E-state index is 13.2. The van der Waals surface area contributed by atoms with Crippen LogP contribution in [0.1, 0.15) is 41.8 Å². The Labute approximate surface area is 105 Å². The Morgan fingerprint density at radius 1 is 1.33 bits per heavy atom. The van der Waals surface area contributed by atoms with E-state index in [1.54, 1.807) is 6.07 Å². The second kappa shape index (κ2) is 4.23. The Kier molecular flexibility index (Phi) is 2.69. The molecule has 1 aliphatic rings. The molecular formula is C15H15FO2. The van der Waals surface area contributed by atoms with Crippen LogP contribution in [-0.4, -0.2) is 5.78 Å². The van der Waals surface area contributed by atoms with Gasteiger partial charge in [-0.1, -0.05) is 12.8 Å². The molecule has 1 aliphatic carbocycles. The minimum atomic E-state index is -0.300. The van der Waals surface area contributed by atoms with Gasteiger partial charge in [-0.25, -0.2) is 4.39 Å². The summed E-state index contributed by atoms with van der Waals surface area (Å²) in [6.45, 7) is 1.83. The lowest BCUT2D eigenvalue weighted by molar-refractivity contribution is 0.0896. The summed E-state index contributed by atoms with van der Waals surface area (Å²) >= 11 is 0. The summed E-state index contributed by atoms with van der Waals surface area (Å²) in [5, 5.41) is 0.705. The molecule has 94 valence electrons. The van der Waals surface area contributed by atoms with Crippen molar-refractivity contribution in [3.05, 3.63) is 35.3 Å². The molecule has 1 heterocycles. The lowest BCUT2D eigenvalue weighted by Gasteiger charge is -2.05. The number of rotatable bonds is 2. The van der Waals surface area contributed by atoms with Crippen molar-refractivity contribution in [2.45, 2.75) is 32.6 Å². The molecule has 2 aromatic rings. The van der Waals surface area contributed by atoms with Gasteiger partial charge >= 0.3 is 0 Å². The van der Waals surface area contributed by atoms with Crippen molar-refractivity contribution in [3.8, 4) is 0 Å². The molecule has 0 radical (unpaired) electrons. The lowest BCUT2D eigenvalue weighted by atomic mass is 9.98. The Morgan fingerprint density at radius 2 is 2.06 bits per heavy atom. The average Bonchev–Trinajstić information content (AvgIpc) is 2.98. The van der Waals surface area contributed by atoms with Crippen molar-refractivity contribution >= 4 is 16.8 Å². The highest BCUT2D eigenvalue weighted by molar-refractivity contribution is 6.01. The Balaban J connectivity index is 2.06. The minimum Gasteiger partial charge on any atom is -0.453 e. The van der Waals surface area contributed by atoms with Crippen molar-refractivity contribution < 1.29 is 13.6 Å². The van der Waals surface area contributed by atoms with Crippen LogP contribution in [-0.2, 0) is 0 Å². The molecule has 0 atom stereocenters. The minimum absolute atomic E-state index is 0.0848. The van der Waals surface area contributed by atoms with Gasteiger partial charge in [0.1, 0.15) is 11.4 Å². The first-order valence-electron chi connectivity index (χ1n) is 6.39. The normalized spacial score (nSPS) is 16.6. The van der Waals surface area contributed by atoms with Crippen LogP contribution >= 0.6 is 0 Å². The topological polar surface area (TPSA) is 30.2 Å². The van der Waals surface area contributed by atoms with Gasteiger partial charge < -0.3 is 4.42 Å². The van der Waals surface area contributed by atoms with Crippen molar-refractivity contribution in [1.82, 2.24) is 0 Å². The number of aryl methyl sites for hydroxylation is 1. The first-order chi connectivity index (χ1) is 8.66. The zero-order chi connectivity index (χ0) is 12.7.